The fourth-order valence-electron chi connectivity index (χ4n) is 3.62. The van der Waals surface area contributed by atoms with Crippen LogP contribution in [0.4, 0.5) is 8.78 Å². The highest BCUT2D eigenvalue weighted by Gasteiger charge is 2.40. The standard InChI is InChI=1S/C16H22F2N2O2.ClH/c1-21-13-4-2-3-12(14(13)22-15(17)18)9-20-8-6-16(11-20)5-7-19-10-16;/h2-4,15,19H,5-11H2,1H3;1H. The third-order valence-corrected chi connectivity index (χ3v) is 4.73. The number of halogens is 3. The van der Waals surface area contributed by atoms with Crippen molar-refractivity contribution in [3.8, 4) is 11.5 Å². The van der Waals surface area contributed by atoms with Gasteiger partial charge in [0, 0.05) is 25.2 Å². The number of likely N-dealkylation sites (tertiary alicyclic amines) is 1. The Morgan fingerprint density at radius 3 is 2.83 bits per heavy atom. The second kappa shape index (κ2) is 7.64. The van der Waals surface area contributed by atoms with Gasteiger partial charge in [-0.05, 0) is 37.4 Å². The minimum absolute atomic E-state index is 0. The lowest BCUT2D eigenvalue weighted by Crippen LogP contribution is -2.29. The Balaban J connectivity index is 0.00000192. The third-order valence-electron chi connectivity index (χ3n) is 4.73. The Hall–Kier alpha value is -1.11. The monoisotopic (exact) mass is 348 g/mol. The summed E-state index contributed by atoms with van der Waals surface area (Å²) in [7, 11) is 1.46. The molecule has 7 heteroatoms. The van der Waals surface area contributed by atoms with Gasteiger partial charge in [0.2, 0.25) is 0 Å². The zero-order chi connectivity index (χ0) is 15.6. The predicted molar refractivity (Wildman–Crippen MR) is 86.7 cm³/mol. The van der Waals surface area contributed by atoms with Gasteiger partial charge in [-0.1, -0.05) is 12.1 Å². The normalized spacial score (nSPS) is 24.2. The first kappa shape index (κ1) is 18.2. The Labute approximate surface area is 141 Å². The first-order chi connectivity index (χ1) is 10.6. The van der Waals surface area contributed by atoms with E-state index in [4.69, 9.17) is 9.47 Å². The van der Waals surface area contributed by atoms with E-state index in [1.807, 2.05) is 12.1 Å². The number of nitrogens with zero attached hydrogens (tertiary/aromatic N) is 1. The minimum Gasteiger partial charge on any atom is -0.493 e. The summed E-state index contributed by atoms with van der Waals surface area (Å²) in [6.07, 6.45) is 2.36. The van der Waals surface area contributed by atoms with Crippen LogP contribution in [-0.2, 0) is 6.54 Å². The summed E-state index contributed by atoms with van der Waals surface area (Å²) in [5.74, 6) is 0.514. The largest absolute Gasteiger partial charge is 0.493 e. The predicted octanol–water partition coefficient (Wildman–Crippen LogP) is 2.90. The molecule has 2 fully saturated rings. The van der Waals surface area contributed by atoms with Crippen LogP contribution in [0.5, 0.6) is 11.5 Å². The van der Waals surface area contributed by atoms with Crippen molar-refractivity contribution in [1.29, 1.82) is 0 Å². The molecule has 0 bridgehead atoms. The SMILES string of the molecule is COc1cccc(CN2CCC3(CCNC3)C2)c1OC(F)F.Cl. The molecule has 1 N–H and O–H groups in total. The highest BCUT2D eigenvalue weighted by atomic mass is 35.5. The second-order valence-electron chi connectivity index (χ2n) is 6.21. The number of benzene rings is 1. The molecule has 2 aliphatic rings. The van der Waals surface area contributed by atoms with Gasteiger partial charge in [0.05, 0.1) is 7.11 Å². The number of rotatable bonds is 5. The average molecular weight is 349 g/mol. The summed E-state index contributed by atoms with van der Waals surface area (Å²) in [6.45, 7) is 1.90. The molecule has 0 radical (unpaired) electrons. The molecule has 3 rings (SSSR count). The van der Waals surface area contributed by atoms with Crippen LogP contribution in [0.15, 0.2) is 18.2 Å². The van der Waals surface area contributed by atoms with Crippen molar-refractivity contribution in [2.24, 2.45) is 5.41 Å². The highest BCUT2D eigenvalue weighted by molar-refractivity contribution is 5.85. The van der Waals surface area contributed by atoms with Crippen LogP contribution in [0.3, 0.4) is 0 Å². The number of ether oxygens (including phenoxy) is 2. The molecule has 0 saturated carbocycles. The van der Waals surface area contributed by atoms with E-state index in [2.05, 4.69) is 10.2 Å². The van der Waals surface area contributed by atoms with E-state index in [1.165, 1.54) is 13.5 Å². The molecular weight excluding hydrogens is 326 g/mol. The molecule has 2 aliphatic heterocycles. The fraction of sp³-hybridized carbons (Fsp3) is 0.625. The van der Waals surface area contributed by atoms with Crippen LogP contribution < -0.4 is 14.8 Å². The maximum absolute atomic E-state index is 12.7. The molecule has 0 aromatic heterocycles. The van der Waals surface area contributed by atoms with Gasteiger partial charge in [0.1, 0.15) is 0 Å². The Kier molecular flexibility index (Phi) is 6.06. The van der Waals surface area contributed by atoms with Gasteiger partial charge in [-0.3, -0.25) is 4.90 Å². The molecule has 1 atom stereocenters. The van der Waals surface area contributed by atoms with E-state index in [0.717, 1.165) is 38.2 Å². The van der Waals surface area contributed by atoms with E-state index in [0.29, 0.717) is 17.7 Å². The second-order valence-corrected chi connectivity index (χ2v) is 6.21. The van der Waals surface area contributed by atoms with Crippen molar-refractivity contribution < 1.29 is 18.3 Å². The molecule has 4 nitrogen and oxygen atoms in total. The molecule has 1 aromatic carbocycles. The van der Waals surface area contributed by atoms with Crippen LogP contribution >= 0.6 is 12.4 Å². The van der Waals surface area contributed by atoms with Crippen LogP contribution in [-0.4, -0.2) is 44.8 Å². The average Bonchev–Trinajstić information content (AvgIpc) is 3.11. The first-order valence-corrected chi connectivity index (χ1v) is 7.66. The van der Waals surface area contributed by atoms with Crippen molar-refractivity contribution in [3.05, 3.63) is 23.8 Å². The Bertz CT molecular complexity index is 525. The Morgan fingerprint density at radius 2 is 2.17 bits per heavy atom. The quantitative estimate of drug-likeness (QED) is 0.887. The van der Waals surface area contributed by atoms with E-state index in [9.17, 15) is 8.78 Å². The van der Waals surface area contributed by atoms with Crippen LogP contribution in [0.25, 0.3) is 0 Å². The summed E-state index contributed by atoms with van der Waals surface area (Å²) in [5.41, 5.74) is 1.12. The zero-order valence-electron chi connectivity index (χ0n) is 13.2. The molecule has 2 saturated heterocycles. The maximum atomic E-state index is 12.7. The van der Waals surface area contributed by atoms with Crippen LogP contribution in [0, 0.1) is 5.41 Å². The lowest BCUT2D eigenvalue weighted by atomic mass is 9.86. The molecule has 23 heavy (non-hydrogen) atoms. The van der Waals surface area contributed by atoms with Gasteiger partial charge < -0.3 is 14.8 Å². The Morgan fingerprint density at radius 1 is 1.35 bits per heavy atom. The first-order valence-electron chi connectivity index (χ1n) is 7.66. The van der Waals surface area contributed by atoms with Crippen molar-refractivity contribution >= 4 is 12.4 Å². The number of hydrogen-bond donors (Lipinski definition) is 1. The summed E-state index contributed by atoms with van der Waals surface area (Å²) in [5, 5.41) is 3.42. The van der Waals surface area contributed by atoms with Gasteiger partial charge in [0.25, 0.3) is 0 Å². The maximum Gasteiger partial charge on any atom is 0.387 e. The lowest BCUT2D eigenvalue weighted by molar-refractivity contribution is -0.0521. The molecule has 2 heterocycles. The van der Waals surface area contributed by atoms with E-state index in [-0.39, 0.29) is 18.2 Å². The minimum atomic E-state index is -2.85. The molecule has 1 unspecified atom stereocenters. The van der Waals surface area contributed by atoms with Crippen LogP contribution in [0.2, 0.25) is 0 Å². The van der Waals surface area contributed by atoms with Gasteiger partial charge in [-0.15, -0.1) is 12.4 Å². The van der Waals surface area contributed by atoms with Crippen molar-refractivity contribution in [1.82, 2.24) is 10.2 Å². The lowest BCUT2D eigenvalue weighted by Gasteiger charge is -2.23. The summed E-state index contributed by atoms with van der Waals surface area (Å²) in [6, 6.07) is 5.29. The summed E-state index contributed by atoms with van der Waals surface area (Å²) >= 11 is 0. The van der Waals surface area contributed by atoms with E-state index >= 15 is 0 Å². The van der Waals surface area contributed by atoms with Crippen molar-refractivity contribution in [2.45, 2.75) is 26.0 Å². The van der Waals surface area contributed by atoms with Crippen molar-refractivity contribution in [3.63, 3.8) is 0 Å². The van der Waals surface area contributed by atoms with Crippen molar-refractivity contribution in [2.75, 3.05) is 33.3 Å². The molecule has 1 aromatic rings. The number of nitrogens with one attached hydrogen (secondary N) is 1. The molecular formula is C16H23ClF2N2O2. The molecule has 0 aliphatic carbocycles. The topological polar surface area (TPSA) is 33.7 Å². The molecule has 1 spiro atoms. The van der Waals surface area contributed by atoms with Gasteiger partial charge >= 0.3 is 6.61 Å². The zero-order valence-corrected chi connectivity index (χ0v) is 14.0. The van der Waals surface area contributed by atoms with Gasteiger partial charge in [-0.2, -0.15) is 8.78 Å². The van der Waals surface area contributed by atoms with Gasteiger partial charge in [0.15, 0.2) is 11.5 Å². The van der Waals surface area contributed by atoms with E-state index in [1.54, 1.807) is 6.07 Å². The van der Waals surface area contributed by atoms with Gasteiger partial charge in [-0.25, -0.2) is 0 Å². The smallest absolute Gasteiger partial charge is 0.387 e. The fourth-order valence-corrected chi connectivity index (χ4v) is 3.62. The summed E-state index contributed by atoms with van der Waals surface area (Å²) in [4.78, 5) is 2.32. The molecule has 0 amide bonds. The summed E-state index contributed by atoms with van der Waals surface area (Å²) < 4.78 is 35.2. The number of alkyl halides is 2. The number of methoxy groups -OCH3 is 1. The third kappa shape index (κ3) is 4.05. The number of hydrogen-bond acceptors (Lipinski definition) is 4. The molecule has 130 valence electrons. The number of para-hydroxylation sites is 1. The van der Waals surface area contributed by atoms with E-state index < -0.39 is 6.61 Å². The highest BCUT2D eigenvalue weighted by Crippen LogP contribution is 2.39. The van der Waals surface area contributed by atoms with Crippen LogP contribution in [0.1, 0.15) is 18.4 Å².